The van der Waals surface area contributed by atoms with Crippen LogP contribution in [0.3, 0.4) is 0 Å². The van der Waals surface area contributed by atoms with Crippen molar-refractivity contribution in [2.45, 2.75) is 32.0 Å². The number of nitrogens with two attached hydrogens (primary N) is 1. The van der Waals surface area contributed by atoms with E-state index in [1.807, 2.05) is 35.6 Å². The molecule has 1 aliphatic rings. The van der Waals surface area contributed by atoms with Gasteiger partial charge in [0.15, 0.2) is 0 Å². The molecule has 24 heavy (non-hydrogen) atoms. The standard InChI is InChI=1S/C18H22ClN3OS/c1-12(20)18(23)21-10-16(13-2-4-15(19)5-3-13)22-8-6-17-14(11-22)7-9-24-17/h2-5,7,9,12,16H,6,8,10-11,20H2,1H3,(H,21,23). The molecule has 2 heterocycles. The Bertz CT molecular complexity index is 699. The Labute approximate surface area is 151 Å². The molecule has 0 fully saturated rings. The van der Waals surface area contributed by atoms with E-state index in [2.05, 4.69) is 21.7 Å². The molecular weight excluding hydrogens is 342 g/mol. The van der Waals surface area contributed by atoms with Gasteiger partial charge in [-0.25, -0.2) is 0 Å². The summed E-state index contributed by atoms with van der Waals surface area (Å²) in [5.41, 5.74) is 8.21. The monoisotopic (exact) mass is 363 g/mol. The maximum Gasteiger partial charge on any atom is 0.236 e. The summed E-state index contributed by atoms with van der Waals surface area (Å²) in [4.78, 5) is 15.8. The van der Waals surface area contributed by atoms with E-state index in [9.17, 15) is 4.79 Å². The molecule has 3 rings (SSSR count). The van der Waals surface area contributed by atoms with Crippen molar-refractivity contribution in [1.29, 1.82) is 0 Å². The van der Waals surface area contributed by atoms with Crippen LogP contribution >= 0.6 is 22.9 Å². The van der Waals surface area contributed by atoms with E-state index >= 15 is 0 Å². The Morgan fingerprint density at radius 2 is 2.12 bits per heavy atom. The van der Waals surface area contributed by atoms with Crippen LogP contribution in [0.4, 0.5) is 0 Å². The largest absolute Gasteiger partial charge is 0.353 e. The topological polar surface area (TPSA) is 58.4 Å². The third-order valence-corrected chi connectivity index (χ3v) is 5.69. The van der Waals surface area contributed by atoms with Gasteiger partial charge in [-0.3, -0.25) is 9.69 Å². The molecule has 0 saturated heterocycles. The number of thiophene rings is 1. The van der Waals surface area contributed by atoms with Gasteiger partial charge in [-0.1, -0.05) is 23.7 Å². The normalized spacial score (nSPS) is 17.1. The van der Waals surface area contributed by atoms with Crippen LogP contribution in [0.1, 0.15) is 29.0 Å². The summed E-state index contributed by atoms with van der Waals surface area (Å²) >= 11 is 7.85. The number of fused-ring (bicyclic) bond motifs is 1. The van der Waals surface area contributed by atoms with Gasteiger partial charge in [-0.15, -0.1) is 11.3 Å². The van der Waals surface area contributed by atoms with Crippen molar-refractivity contribution in [3.8, 4) is 0 Å². The number of halogens is 1. The van der Waals surface area contributed by atoms with E-state index in [4.69, 9.17) is 17.3 Å². The number of rotatable bonds is 5. The highest BCUT2D eigenvalue weighted by Gasteiger charge is 2.26. The maximum absolute atomic E-state index is 11.9. The van der Waals surface area contributed by atoms with E-state index in [1.165, 1.54) is 10.4 Å². The molecule has 128 valence electrons. The van der Waals surface area contributed by atoms with Crippen LogP contribution in [-0.2, 0) is 17.8 Å². The molecule has 1 aromatic heterocycles. The molecule has 3 N–H and O–H groups in total. The molecule has 2 unspecified atom stereocenters. The second-order valence-electron chi connectivity index (χ2n) is 6.19. The predicted molar refractivity (Wildman–Crippen MR) is 99.3 cm³/mol. The van der Waals surface area contributed by atoms with Crippen LogP contribution in [0.15, 0.2) is 35.7 Å². The number of hydrogen-bond donors (Lipinski definition) is 2. The molecule has 6 heteroatoms. The van der Waals surface area contributed by atoms with Crippen molar-refractivity contribution in [3.63, 3.8) is 0 Å². The number of hydrogen-bond acceptors (Lipinski definition) is 4. The quantitative estimate of drug-likeness (QED) is 0.858. The molecule has 0 radical (unpaired) electrons. The number of benzene rings is 1. The van der Waals surface area contributed by atoms with Crippen LogP contribution in [-0.4, -0.2) is 29.9 Å². The van der Waals surface area contributed by atoms with Gasteiger partial charge in [0.05, 0.1) is 12.1 Å². The van der Waals surface area contributed by atoms with Gasteiger partial charge in [-0.2, -0.15) is 0 Å². The van der Waals surface area contributed by atoms with Crippen molar-refractivity contribution >= 4 is 28.8 Å². The molecule has 2 atom stereocenters. The Morgan fingerprint density at radius 1 is 1.38 bits per heavy atom. The molecular formula is C18H22ClN3OS. The summed E-state index contributed by atoms with van der Waals surface area (Å²) in [7, 11) is 0. The molecule has 1 aromatic carbocycles. The lowest BCUT2D eigenvalue weighted by molar-refractivity contribution is -0.122. The fraction of sp³-hybridized carbons (Fsp3) is 0.389. The van der Waals surface area contributed by atoms with Gasteiger partial charge >= 0.3 is 0 Å². The highest BCUT2D eigenvalue weighted by Crippen LogP contribution is 2.30. The van der Waals surface area contributed by atoms with Crippen molar-refractivity contribution in [1.82, 2.24) is 10.2 Å². The van der Waals surface area contributed by atoms with Gasteiger partial charge in [0.25, 0.3) is 0 Å². The number of nitrogens with zero attached hydrogens (tertiary/aromatic N) is 1. The minimum Gasteiger partial charge on any atom is -0.353 e. The maximum atomic E-state index is 11.9. The third kappa shape index (κ3) is 3.98. The first-order chi connectivity index (χ1) is 11.5. The van der Waals surface area contributed by atoms with Crippen LogP contribution in [0.25, 0.3) is 0 Å². The molecule has 1 aliphatic heterocycles. The Kier molecular flexibility index (Phi) is 5.56. The Balaban J connectivity index is 1.79. The average molecular weight is 364 g/mol. The Hall–Kier alpha value is -1.40. The van der Waals surface area contributed by atoms with Crippen LogP contribution in [0.2, 0.25) is 5.02 Å². The minimum absolute atomic E-state index is 0.109. The lowest BCUT2D eigenvalue weighted by atomic mass is 10.0. The molecule has 0 saturated carbocycles. The second-order valence-corrected chi connectivity index (χ2v) is 7.63. The van der Waals surface area contributed by atoms with Gasteiger partial charge in [-0.05, 0) is 48.1 Å². The fourth-order valence-corrected chi connectivity index (χ4v) is 4.05. The third-order valence-electron chi connectivity index (χ3n) is 4.42. The molecule has 0 bridgehead atoms. The van der Waals surface area contributed by atoms with Gasteiger partial charge in [0.2, 0.25) is 5.91 Å². The Morgan fingerprint density at radius 3 is 2.83 bits per heavy atom. The zero-order valence-electron chi connectivity index (χ0n) is 13.7. The van der Waals surface area contributed by atoms with E-state index in [0.29, 0.717) is 6.54 Å². The molecule has 0 aliphatic carbocycles. The van der Waals surface area contributed by atoms with E-state index < -0.39 is 6.04 Å². The number of nitrogens with one attached hydrogen (secondary N) is 1. The highest BCUT2D eigenvalue weighted by atomic mass is 35.5. The van der Waals surface area contributed by atoms with Gasteiger partial charge < -0.3 is 11.1 Å². The smallest absolute Gasteiger partial charge is 0.236 e. The SMILES string of the molecule is CC(N)C(=O)NCC(c1ccc(Cl)cc1)N1CCc2sccc2C1. The first-order valence-electron chi connectivity index (χ1n) is 8.12. The molecule has 1 amide bonds. The lowest BCUT2D eigenvalue weighted by Crippen LogP contribution is -2.44. The first-order valence-corrected chi connectivity index (χ1v) is 9.38. The number of carbonyl (C=O) groups is 1. The summed E-state index contributed by atoms with van der Waals surface area (Å²) in [5, 5.41) is 5.85. The van der Waals surface area contributed by atoms with Crippen LogP contribution < -0.4 is 11.1 Å². The highest BCUT2D eigenvalue weighted by molar-refractivity contribution is 7.10. The molecule has 0 spiro atoms. The van der Waals surface area contributed by atoms with Gasteiger partial charge in [0, 0.05) is 29.5 Å². The van der Waals surface area contributed by atoms with Crippen molar-refractivity contribution in [2.75, 3.05) is 13.1 Å². The zero-order chi connectivity index (χ0) is 17.1. The van der Waals surface area contributed by atoms with E-state index in [-0.39, 0.29) is 11.9 Å². The van der Waals surface area contributed by atoms with Crippen molar-refractivity contribution in [2.24, 2.45) is 5.73 Å². The van der Waals surface area contributed by atoms with Crippen molar-refractivity contribution < 1.29 is 4.79 Å². The summed E-state index contributed by atoms with van der Waals surface area (Å²) in [6.45, 7) is 4.13. The van der Waals surface area contributed by atoms with Crippen molar-refractivity contribution in [3.05, 3.63) is 56.7 Å². The number of amides is 1. The van der Waals surface area contributed by atoms with Crippen LogP contribution in [0.5, 0.6) is 0 Å². The molecule has 2 aromatic rings. The van der Waals surface area contributed by atoms with E-state index in [0.717, 1.165) is 30.1 Å². The fourth-order valence-electron chi connectivity index (χ4n) is 3.04. The zero-order valence-corrected chi connectivity index (χ0v) is 15.2. The first kappa shape index (κ1) is 17.4. The summed E-state index contributed by atoms with van der Waals surface area (Å²) in [5.74, 6) is -0.123. The summed E-state index contributed by atoms with van der Waals surface area (Å²) in [6.07, 6.45) is 1.05. The molecule has 4 nitrogen and oxygen atoms in total. The van der Waals surface area contributed by atoms with Crippen LogP contribution in [0, 0.1) is 0 Å². The average Bonchev–Trinajstić information content (AvgIpc) is 3.04. The lowest BCUT2D eigenvalue weighted by Gasteiger charge is -2.35. The van der Waals surface area contributed by atoms with E-state index in [1.54, 1.807) is 6.92 Å². The minimum atomic E-state index is -0.499. The van der Waals surface area contributed by atoms with Gasteiger partial charge in [0.1, 0.15) is 0 Å². The second kappa shape index (κ2) is 7.66. The summed E-state index contributed by atoms with van der Waals surface area (Å²) in [6, 6.07) is 9.68. The predicted octanol–water partition coefficient (Wildman–Crippen LogP) is 2.96. The summed E-state index contributed by atoms with van der Waals surface area (Å²) < 4.78 is 0. The number of carbonyl (C=O) groups excluding carboxylic acids is 1.